The zero-order chi connectivity index (χ0) is 16.2. The maximum atomic E-state index is 11.7. The number of methoxy groups -OCH3 is 1. The standard InChI is InChI=1S/C14H16NO6P/c1-20-12-11(16)7-8-21-13(12)14(22(17,18)19)15-9-10-5-3-2-4-6-10/h2-8,14-15H,9H2,1H3,(H2,17,18,19). The molecule has 7 nitrogen and oxygen atoms in total. The van der Waals surface area contributed by atoms with Crippen LogP contribution in [-0.2, 0) is 11.1 Å². The number of hydrogen-bond donors (Lipinski definition) is 3. The van der Waals surface area contributed by atoms with Crippen molar-refractivity contribution >= 4 is 7.60 Å². The molecule has 8 heteroatoms. The highest BCUT2D eigenvalue weighted by molar-refractivity contribution is 7.52. The van der Waals surface area contributed by atoms with Crippen molar-refractivity contribution in [3.05, 3.63) is 64.2 Å². The fourth-order valence-corrected chi connectivity index (χ4v) is 2.80. The SMILES string of the molecule is COc1c(C(NCc2ccccc2)P(=O)(O)O)occc1=O. The summed E-state index contributed by atoms with van der Waals surface area (Å²) in [5, 5.41) is 2.72. The van der Waals surface area contributed by atoms with Crippen LogP contribution in [0, 0.1) is 0 Å². The van der Waals surface area contributed by atoms with Crippen LogP contribution >= 0.6 is 7.60 Å². The zero-order valence-electron chi connectivity index (χ0n) is 11.8. The minimum atomic E-state index is -4.62. The van der Waals surface area contributed by atoms with Crippen molar-refractivity contribution in [2.75, 3.05) is 7.11 Å². The largest absolute Gasteiger partial charge is 0.490 e. The van der Waals surface area contributed by atoms with Crippen LogP contribution in [-0.4, -0.2) is 16.9 Å². The van der Waals surface area contributed by atoms with E-state index in [4.69, 9.17) is 9.15 Å². The predicted molar refractivity (Wildman–Crippen MR) is 79.6 cm³/mol. The van der Waals surface area contributed by atoms with Gasteiger partial charge in [0.25, 0.3) is 0 Å². The Bertz CT molecular complexity index is 724. The number of benzene rings is 1. The van der Waals surface area contributed by atoms with E-state index in [2.05, 4.69) is 5.32 Å². The Kier molecular flexibility index (Phi) is 5.15. The Morgan fingerprint density at radius 1 is 1.27 bits per heavy atom. The molecule has 2 rings (SSSR count). The maximum Gasteiger partial charge on any atom is 0.350 e. The third-order valence-corrected chi connectivity index (χ3v) is 4.08. The minimum Gasteiger partial charge on any atom is -0.490 e. The van der Waals surface area contributed by atoms with Crippen molar-refractivity contribution < 1.29 is 23.5 Å². The first-order valence-electron chi connectivity index (χ1n) is 6.41. The molecule has 2 aromatic rings. The molecule has 0 saturated heterocycles. The number of rotatable bonds is 6. The van der Waals surface area contributed by atoms with Gasteiger partial charge in [-0.05, 0) is 5.56 Å². The molecule has 118 valence electrons. The molecule has 22 heavy (non-hydrogen) atoms. The van der Waals surface area contributed by atoms with E-state index in [0.29, 0.717) is 0 Å². The molecule has 1 aromatic carbocycles. The summed E-state index contributed by atoms with van der Waals surface area (Å²) < 4.78 is 21.8. The molecule has 1 atom stereocenters. The monoisotopic (exact) mass is 325 g/mol. The average molecular weight is 325 g/mol. The van der Waals surface area contributed by atoms with E-state index in [1.807, 2.05) is 30.3 Å². The van der Waals surface area contributed by atoms with Crippen molar-refractivity contribution in [1.29, 1.82) is 0 Å². The van der Waals surface area contributed by atoms with Gasteiger partial charge in [0, 0.05) is 12.6 Å². The van der Waals surface area contributed by atoms with Crippen LogP contribution in [0.4, 0.5) is 0 Å². The molecule has 1 heterocycles. The Balaban J connectivity index is 2.34. The molecule has 1 aromatic heterocycles. The van der Waals surface area contributed by atoms with E-state index in [1.54, 1.807) is 0 Å². The molecule has 3 N–H and O–H groups in total. The van der Waals surface area contributed by atoms with Crippen molar-refractivity contribution in [1.82, 2.24) is 5.32 Å². The molecule has 0 saturated carbocycles. The first-order valence-corrected chi connectivity index (χ1v) is 8.10. The van der Waals surface area contributed by atoms with Crippen molar-refractivity contribution in [3.8, 4) is 5.75 Å². The quantitative estimate of drug-likeness (QED) is 0.692. The van der Waals surface area contributed by atoms with Gasteiger partial charge in [0.05, 0.1) is 13.4 Å². The smallest absolute Gasteiger partial charge is 0.350 e. The normalized spacial score (nSPS) is 12.9. The molecule has 0 bridgehead atoms. The topological polar surface area (TPSA) is 109 Å². The van der Waals surface area contributed by atoms with Crippen LogP contribution in [0.15, 0.2) is 51.9 Å². The Morgan fingerprint density at radius 2 is 1.95 bits per heavy atom. The minimum absolute atomic E-state index is 0.193. The Hall–Kier alpha value is -1.92. The van der Waals surface area contributed by atoms with Crippen LogP contribution in [0.5, 0.6) is 5.75 Å². The van der Waals surface area contributed by atoms with Crippen molar-refractivity contribution in [2.45, 2.75) is 12.3 Å². The third-order valence-electron chi connectivity index (χ3n) is 2.99. The summed E-state index contributed by atoms with van der Waals surface area (Å²) >= 11 is 0. The molecular weight excluding hydrogens is 309 g/mol. The molecule has 0 aliphatic rings. The van der Waals surface area contributed by atoms with Gasteiger partial charge in [0.1, 0.15) is 0 Å². The molecule has 0 aliphatic heterocycles. The number of nitrogens with one attached hydrogen (secondary N) is 1. The average Bonchev–Trinajstić information content (AvgIpc) is 2.47. The van der Waals surface area contributed by atoms with Gasteiger partial charge in [0.15, 0.2) is 11.5 Å². The lowest BCUT2D eigenvalue weighted by Gasteiger charge is -2.20. The second-order valence-corrected chi connectivity index (χ2v) is 6.24. The molecule has 1 unspecified atom stereocenters. The van der Waals surface area contributed by atoms with Crippen molar-refractivity contribution in [2.24, 2.45) is 0 Å². The third kappa shape index (κ3) is 3.84. The van der Waals surface area contributed by atoms with Crippen molar-refractivity contribution in [3.63, 3.8) is 0 Å². The summed E-state index contributed by atoms with van der Waals surface area (Å²) in [6, 6.07) is 10.2. The van der Waals surface area contributed by atoms with Gasteiger partial charge in [-0.15, -0.1) is 0 Å². The van der Waals surface area contributed by atoms with Gasteiger partial charge >= 0.3 is 7.60 Å². The Morgan fingerprint density at radius 3 is 2.55 bits per heavy atom. The summed E-state index contributed by atoms with van der Waals surface area (Å²) in [5.41, 5.74) is 0.321. The van der Waals surface area contributed by atoms with Gasteiger partial charge in [-0.1, -0.05) is 30.3 Å². The molecule has 0 amide bonds. The van der Waals surface area contributed by atoms with Crippen LogP contribution in [0.3, 0.4) is 0 Å². The lowest BCUT2D eigenvalue weighted by atomic mass is 10.2. The highest BCUT2D eigenvalue weighted by atomic mass is 31.2. The lowest BCUT2D eigenvalue weighted by molar-refractivity contribution is 0.313. The maximum absolute atomic E-state index is 11.7. The summed E-state index contributed by atoms with van der Waals surface area (Å²) in [6.07, 6.45) is 1.08. The molecule has 0 spiro atoms. The summed E-state index contributed by atoms with van der Waals surface area (Å²) in [4.78, 5) is 30.8. The second-order valence-electron chi connectivity index (χ2n) is 4.54. The van der Waals surface area contributed by atoms with Crippen LogP contribution < -0.4 is 15.5 Å². The highest BCUT2D eigenvalue weighted by Gasteiger charge is 2.35. The van der Waals surface area contributed by atoms with Gasteiger partial charge in [-0.3, -0.25) is 14.7 Å². The molecule has 0 fully saturated rings. The summed E-state index contributed by atoms with van der Waals surface area (Å²) in [7, 11) is -3.38. The van der Waals surface area contributed by atoms with E-state index in [0.717, 1.165) is 17.9 Å². The van der Waals surface area contributed by atoms with E-state index in [1.165, 1.54) is 7.11 Å². The van der Waals surface area contributed by atoms with Gasteiger partial charge in [0.2, 0.25) is 11.2 Å². The van der Waals surface area contributed by atoms with E-state index in [9.17, 15) is 19.1 Å². The number of ether oxygens (including phenoxy) is 1. The van der Waals surface area contributed by atoms with Crippen LogP contribution in [0.25, 0.3) is 0 Å². The lowest BCUT2D eigenvalue weighted by Crippen LogP contribution is -2.23. The fraction of sp³-hybridized carbons (Fsp3) is 0.214. The predicted octanol–water partition coefficient (Wildman–Crippen LogP) is 1.61. The second kappa shape index (κ2) is 6.89. The first kappa shape index (κ1) is 16.5. The zero-order valence-corrected chi connectivity index (χ0v) is 12.7. The molecular formula is C14H16NO6P. The van der Waals surface area contributed by atoms with Gasteiger partial charge < -0.3 is 18.9 Å². The summed E-state index contributed by atoms with van der Waals surface area (Å²) in [5.74, 6) is -1.92. The highest BCUT2D eigenvalue weighted by Crippen LogP contribution is 2.51. The first-order chi connectivity index (χ1) is 10.4. The van der Waals surface area contributed by atoms with Gasteiger partial charge in [-0.2, -0.15) is 0 Å². The van der Waals surface area contributed by atoms with Crippen LogP contribution in [0.1, 0.15) is 17.1 Å². The van der Waals surface area contributed by atoms with E-state index in [-0.39, 0.29) is 18.1 Å². The summed E-state index contributed by atoms with van der Waals surface area (Å²) in [6.45, 7) is 0.193. The van der Waals surface area contributed by atoms with E-state index < -0.39 is 18.8 Å². The number of hydrogen-bond acceptors (Lipinski definition) is 5. The van der Waals surface area contributed by atoms with E-state index >= 15 is 0 Å². The molecule has 0 aliphatic carbocycles. The van der Waals surface area contributed by atoms with Crippen LogP contribution in [0.2, 0.25) is 0 Å². The Labute approximate surface area is 126 Å². The van der Waals surface area contributed by atoms with Gasteiger partial charge in [-0.25, -0.2) is 0 Å². The molecule has 0 radical (unpaired) electrons. The fourth-order valence-electron chi connectivity index (χ4n) is 1.98.